The molecule has 3 rings (SSSR count). The summed E-state index contributed by atoms with van der Waals surface area (Å²) >= 11 is 5.94. The topological polar surface area (TPSA) is 83.1 Å². The molecule has 8 heteroatoms. The molecule has 2 aromatic rings. The van der Waals surface area contributed by atoms with Crippen LogP contribution in [0.15, 0.2) is 42.5 Å². The van der Waals surface area contributed by atoms with E-state index in [2.05, 4.69) is 5.32 Å². The summed E-state index contributed by atoms with van der Waals surface area (Å²) in [6.07, 6.45) is -2.00. The van der Waals surface area contributed by atoms with Gasteiger partial charge in [0.15, 0.2) is 17.6 Å². The molecule has 0 aliphatic carbocycles. The average molecular weight is 392 g/mol. The van der Waals surface area contributed by atoms with E-state index in [4.69, 9.17) is 30.5 Å². The van der Waals surface area contributed by atoms with Gasteiger partial charge in [0.1, 0.15) is 12.4 Å². The highest BCUT2D eigenvalue weighted by molar-refractivity contribution is 6.31. The Balaban J connectivity index is 1.60. The first-order chi connectivity index (χ1) is 13.0. The van der Waals surface area contributed by atoms with Gasteiger partial charge in [0, 0.05) is 5.02 Å². The summed E-state index contributed by atoms with van der Waals surface area (Å²) < 4.78 is 21.4. The zero-order valence-corrected chi connectivity index (χ0v) is 15.5. The minimum absolute atomic E-state index is 0.00625. The molecule has 0 unspecified atom stereocenters. The maximum absolute atomic E-state index is 12.3. The average Bonchev–Trinajstić information content (AvgIpc) is 2.67. The standard InChI is InChI=1S/C19H18ClNO6/c1-11(18(22)21-13-9-12(20)7-8-14(13)24-2)26-19(23)17-10-25-15-5-3-4-6-16(15)27-17/h3-9,11,17H,10H2,1-2H3,(H,21,22)/t11-,17+/m1/s1. The van der Waals surface area contributed by atoms with Gasteiger partial charge in [-0.2, -0.15) is 0 Å². The number of carbonyl (C=O) groups excluding carboxylic acids is 2. The Labute approximate surface area is 161 Å². The summed E-state index contributed by atoms with van der Waals surface area (Å²) in [7, 11) is 1.47. The fourth-order valence-electron chi connectivity index (χ4n) is 2.45. The predicted molar refractivity (Wildman–Crippen MR) is 98.5 cm³/mol. The van der Waals surface area contributed by atoms with E-state index in [0.717, 1.165) is 0 Å². The number of esters is 1. The molecule has 1 aliphatic heterocycles. The lowest BCUT2D eigenvalue weighted by Gasteiger charge is -2.26. The van der Waals surface area contributed by atoms with Crippen LogP contribution in [-0.4, -0.2) is 37.8 Å². The van der Waals surface area contributed by atoms with Crippen molar-refractivity contribution in [3.8, 4) is 17.2 Å². The quantitative estimate of drug-likeness (QED) is 0.789. The molecule has 0 fully saturated rings. The molecule has 1 heterocycles. The van der Waals surface area contributed by atoms with Crippen molar-refractivity contribution >= 4 is 29.2 Å². The zero-order chi connectivity index (χ0) is 19.4. The van der Waals surface area contributed by atoms with Crippen molar-refractivity contribution in [2.24, 2.45) is 0 Å². The van der Waals surface area contributed by atoms with Crippen molar-refractivity contribution in [1.82, 2.24) is 0 Å². The monoisotopic (exact) mass is 391 g/mol. The summed E-state index contributed by atoms with van der Waals surface area (Å²) in [5.74, 6) is 0.227. The molecule has 0 spiro atoms. The van der Waals surface area contributed by atoms with E-state index in [0.29, 0.717) is 28.0 Å². The second-order valence-corrected chi connectivity index (χ2v) is 6.21. The van der Waals surface area contributed by atoms with Crippen LogP contribution >= 0.6 is 11.6 Å². The smallest absolute Gasteiger partial charge is 0.351 e. The van der Waals surface area contributed by atoms with E-state index in [1.54, 1.807) is 42.5 Å². The maximum atomic E-state index is 12.3. The third kappa shape index (κ3) is 4.43. The zero-order valence-electron chi connectivity index (χ0n) is 14.7. The number of hydrogen-bond donors (Lipinski definition) is 1. The van der Waals surface area contributed by atoms with Crippen LogP contribution in [0.25, 0.3) is 0 Å². The molecular weight excluding hydrogens is 374 g/mol. The Morgan fingerprint density at radius 1 is 1.22 bits per heavy atom. The number of hydrogen-bond acceptors (Lipinski definition) is 6. The summed E-state index contributed by atoms with van der Waals surface area (Å²) in [5, 5.41) is 3.06. The van der Waals surface area contributed by atoms with E-state index in [9.17, 15) is 9.59 Å². The molecule has 1 amide bonds. The van der Waals surface area contributed by atoms with Crippen LogP contribution in [-0.2, 0) is 14.3 Å². The van der Waals surface area contributed by atoms with Crippen LogP contribution < -0.4 is 19.5 Å². The molecule has 2 atom stereocenters. The fourth-order valence-corrected chi connectivity index (χ4v) is 2.62. The number of halogens is 1. The molecule has 0 saturated heterocycles. The lowest BCUT2D eigenvalue weighted by Crippen LogP contribution is -2.41. The molecule has 2 aromatic carbocycles. The predicted octanol–water partition coefficient (Wildman–Crippen LogP) is 3.06. The van der Waals surface area contributed by atoms with E-state index >= 15 is 0 Å². The summed E-state index contributed by atoms with van der Waals surface area (Å²) in [4.78, 5) is 24.6. The van der Waals surface area contributed by atoms with Crippen LogP contribution in [0, 0.1) is 0 Å². The lowest BCUT2D eigenvalue weighted by atomic mass is 10.2. The van der Waals surface area contributed by atoms with E-state index < -0.39 is 24.1 Å². The molecule has 27 heavy (non-hydrogen) atoms. The Hall–Kier alpha value is -2.93. The minimum atomic E-state index is -1.05. The molecule has 1 N–H and O–H groups in total. The molecule has 142 valence electrons. The molecule has 0 bridgehead atoms. The number of nitrogens with one attached hydrogen (secondary N) is 1. The van der Waals surface area contributed by atoms with Gasteiger partial charge in [0.2, 0.25) is 6.10 Å². The van der Waals surface area contributed by atoms with Crippen molar-refractivity contribution in [1.29, 1.82) is 0 Å². The van der Waals surface area contributed by atoms with Crippen molar-refractivity contribution in [3.05, 3.63) is 47.5 Å². The third-order valence-corrected chi connectivity index (χ3v) is 4.09. The van der Waals surface area contributed by atoms with Crippen molar-refractivity contribution < 1.29 is 28.5 Å². The van der Waals surface area contributed by atoms with Crippen LogP contribution in [0.1, 0.15) is 6.92 Å². The summed E-state index contributed by atoms with van der Waals surface area (Å²) in [6.45, 7) is 1.47. The molecular formula is C19H18ClNO6. The van der Waals surface area contributed by atoms with E-state index in [1.165, 1.54) is 14.0 Å². The van der Waals surface area contributed by atoms with Gasteiger partial charge in [-0.25, -0.2) is 4.79 Å². The summed E-state index contributed by atoms with van der Waals surface area (Å²) in [6, 6.07) is 11.8. The highest BCUT2D eigenvalue weighted by Gasteiger charge is 2.31. The Bertz CT molecular complexity index is 856. The lowest BCUT2D eigenvalue weighted by molar-refractivity contribution is -0.162. The first kappa shape index (κ1) is 18.8. The number of amides is 1. The van der Waals surface area contributed by atoms with Gasteiger partial charge in [0.05, 0.1) is 12.8 Å². The SMILES string of the molecule is COc1ccc(Cl)cc1NC(=O)[C@@H](C)OC(=O)[C@@H]1COc2ccccc2O1. The van der Waals surface area contributed by atoms with E-state index in [-0.39, 0.29) is 6.61 Å². The van der Waals surface area contributed by atoms with Gasteiger partial charge in [0.25, 0.3) is 5.91 Å². The number of benzene rings is 2. The van der Waals surface area contributed by atoms with E-state index in [1.807, 2.05) is 0 Å². The molecule has 0 radical (unpaired) electrons. The second kappa shape index (κ2) is 8.18. The molecule has 0 aromatic heterocycles. The molecule has 0 saturated carbocycles. The number of rotatable bonds is 5. The second-order valence-electron chi connectivity index (χ2n) is 5.78. The Morgan fingerprint density at radius 2 is 1.96 bits per heavy atom. The van der Waals surface area contributed by atoms with Gasteiger partial charge < -0.3 is 24.3 Å². The number of anilines is 1. The normalized spacial score (nSPS) is 16.2. The van der Waals surface area contributed by atoms with Crippen LogP contribution in [0.5, 0.6) is 17.2 Å². The minimum Gasteiger partial charge on any atom is -0.495 e. The van der Waals surface area contributed by atoms with Gasteiger partial charge in [-0.05, 0) is 37.3 Å². The largest absolute Gasteiger partial charge is 0.495 e. The Kier molecular flexibility index (Phi) is 5.71. The van der Waals surface area contributed by atoms with Gasteiger partial charge >= 0.3 is 5.97 Å². The number of para-hydroxylation sites is 2. The van der Waals surface area contributed by atoms with Crippen LogP contribution in [0.2, 0.25) is 5.02 Å². The van der Waals surface area contributed by atoms with Gasteiger partial charge in [-0.15, -0.1) is 0 Å². The number of carbonyl (C=O) groups is 2. The molecule has 7 nitrogen and oxygen atoms in total. The maximum Gasteiger partial charge on any atom is 0.351 e. The Morgan fingerprint density at radius 3 is 2.70 bits per heavy atom. The van der Waals surface area contributed by atoms with Gasteiger partial charge in [-0.3, -0.25) is 4.79 Å². The van der Waals surface area contributed by atoms with Gasteiger partial charge in [-0.1, -0.05) is 23.7 Å². The first-order valence-electron chi connectivity index (χ1n) is 8.21. The van der Waals surface area contributed by atoms with Crippen LogP contribution in [0.3, 0.4) is 0 Å². The third-order valence-electron chi connectivity index (χ3n) is 3.85. The highest BCUT2D eigenvalue weighted by atomic mass is 35.5. The number of ether oxygens (including phenoxy) is 4. The summed E-state index contributed by atoms with van der Waals surface area (Å²) in [5.41, 5.74) is 0.379. The van der Waals surface area contributed by atoms with Crippen molar-refractivity contribution in [2.45, 2.75) is 19.1 Å². The first-order valence-corrected chi connectivity index (χ1v) is 8.59. The van der Waals surface area contributed by atoms with Crippen LogP contribution in [0.4, 0.5) is 5.69 Å². The number of fused-ring (bicyclic) bond motifs is 1. The van der Waals surface area contributed by atoms with Crippen molar-refractivity contribution in [3.63, 3.8) is 0 Å². The molecule has 1 aliphatic rings. The fraction of sp³-hybridized carbons (Fsp3) is 0.263. The van der Waals surface area contributed by atoms with Crippen molar-refractivity contribution in [2.75, 3.05) is 19.0 Å². The highest BCUT2D eigenvalue weighted by Crippen LogP contribution is 2.31. The number of methoxy groups -OCH3 is 1.